The van der Waals surface area contributed by atoms with Gasteiger partial charge in [-0.3, -0.25) is 0 Å². The monoisotopic (exact) mass is 502 g/mol. The Balaban J connectivity index is 1.70. The summed E-state index contributed by atoms with van der Waals surface area (Å²) in [6, 6.07) is 11.6. The first kappa shape index (κ1) is 21.7. The van der Waals surface area contributed by atoms with E-state index in [1.165, 1.54) is 61.8 Å². The van der Waals surface area contributed by atoms with Gasteiger partial charge in [0.25, 0.3) is 0 Å². The van der Waals surface area contributed by atoms with Crippen LogP contribution in [-0.4, -0.2) is 0 Å². The first-order valence-corrected chi connectivity index (χ1v) is 12.0. The van der Waals surface area contributed by atoms with Gasteiger partial charge >= 0.3 is 0 Å². The van der Waals surface area contributed by atoms with Gasteiger partial charge in [-0.2, -0.15) is 0 Å². The van der Waals surface area contributed by atoms with Crippen LogP contribution < -0.4 is 0 Å². The minimum atomic E-state index is 0.306. The lowest BCUT2D eigenvalue weighted by atomic mass is 9.72. The number of hydrogen-bond donors (Lipinski definition) is 0. The third kappa shape index (κ3) is 4.94. The average Bonchev–Trinajstić information content (AvgIpc) is 2.63. The first-order valence-electron chi connectivity index (χ1n) is 10.1. The molecule has 0 radical (unpaired) electrons. The molecule has 1 aliphatic rings. The smallest absolute Gasteiger partial charge is 0.0162 e. The number of aryl methyl sites for hydroxylation is 3. The molecule has 0 heterocycles. The molecule has 1 aliphatic carbocycles. The standard InChI is InChI=1S/C26H31IS/c1-17(12-23-13-19(3)25(27)14-18(23)2)16-28-20(4)21-9-10-24-22(15-21)8-7-11-26(24,5)6/h9-10,13-16H,4,7-8,11-12H2,1-3,5-6H3/b17-16+. The van der Waals surface area contributed by atoms with E-state index in [0.717, 1.165) is 11.3 Å². The molecule has 148 valence electrons. The van der Waals surface area contributed by atoms with Crippen molar-refractivity contribution in [1.82, 2.24) is 0 Å². The van der Waals surface area contributed by atoms with Crippen LogP contribution in [0.4, 0.5) is 0 Å². The lowest BCUT2D eigenvalue weighted by Crippen LogP contribution is -2.23. The Hall–Kier alpha value is -1.00. The van der Waals surface area contributed by atoms with Crippen LogP contribution in [0.15, 0.2) is 47.9 Å². The van der Waals surface area contributed by atoms with Crippen molar-refractivity contribution in [3.63, 3.8) is 0 Å². The second-order valence-electron chi connectivity index (χ2n) is 8.82. The van der Waals surface area contributed by atoms with Crippen molar-refractivity contribution in [3.05, 3.63) is 84.8 Å². The zero-order valence-electron chi connectivity index (χ0n) is 17.8. The number of thioether (sulfide) groups is 1. The van der Waals surface area contributed by atoms with Crippen molar-refractivity contribution in [2.24, 2.45) is 0 Å². The van der Waals surface area contributed by atoms with E-state index in [2.05, 4.69) is 99.5 Å². The van der Waals surface area contributed by atoms with E-state index in [1.807, 2.05) is 0 Å². The molecule has 0 spiro atoms. The number of halogens is 1. The van der Waals surface area contributed by atoms with Crippen LogP contribution in [0.5, 0.6) is 0 Å². The van der Waals surface area contributed by atoms with Crippen LogP contribution in [0.2, 0.25) is 0 Å². The predicted molar refractivity (Wildman–Crippen MR) is 135 cm³/mol. The molecule has 0 aromatic heterocycles. The van der Waals surface area contributed by atoms with Gasteiger partial charge in [-0.15, -0.1) is 0 Å². The molecule has 2 aromatic rings. The SMILES string of the molecule is C=C(S/C=C(\C)Cc1cc(C)c(I)cc1C)c1ccc2c(c1)CCCC2(C)C. The summed E-state index contributed by atoms with van der Waals surface area (Å²) in [5, 5.41) is 2.28. The number of rotatable bonds is 5. The summed E-state index contributed by atoms with van der Waals surface area (Å²) in [6.07, 6.45) is 4.78. The van der Waals surface area contributed by atoms with Gasteiger partial charge in [0.2, 0.25) is 0 Å². The molecule has 0 saturated heterocycles. The highest BCUT2D eigenvalue weighted by Crippen LogP contribution is 2.39. The summed E-state index contributed by atoms with van der Waals surface area (Å²) in [5.41, 5.74) is 10.2. The Morgan fingerprint density at radius 2 is 1.93 bits per heavy atom. The van der Waals surface area contributed by atoms with Crippen molar-refractivity contribution in [3.8, 4) is 0 Å². The molecule has 28 heavy (non-hydrogen) atoms. The van der Waals surface area contributed by atoms with Crippen LogP contribution in [0.1, 0.15) is 67.0 Å². The third-order valence-corrected chi connectivity index (χ3v) is 8.10. The highest BCUT2D eigenvalue weighted by atomic mass is 127. The minimum absolute atomic E-state index is 0.306. The first-order chi connectivity index (χ1) is 13.2. The largest absolute Gasteiger partial charge is 0.0981 e. The quantitative estimate of drug-likeness (QED) is 0.370. The number of allylic oxidation sites excluding steroid dienone is 1. The van der Waals surface area contributed by atoms with Crippen molar-refractivity contribution in [1.29, 1.82) is 0 Å². The van der Waals surface area contributed by atoms with Gasteiger partial charge < -0.3 is 0 Å². The number of benzene rings is 2. The fraction of sp³-hybridized carbons (Fsp3) is 0.385. The third-order valence-electron chi connectivity index (χ3n) is 5.89. The summed E-state index contributed by atoms with van der Waals surface area (Å²) in [6.45, 7) is 15.7. The maximum Gasteiger partial charge on any atom is 0.0162 e. The predicted octanol–water partition coefficient (Wildman–Crippen LogP) is 8.37. The van der Waals surface area contributed by atoms with Gasteiger partial charge in [-0.25, -0.2) is 0 Å². The summed E-state index contributed by atoms with van der Waals surface area (Å²) in [4.78, 5) is 1.14. The van der Waals surface area contributed by atoms with E-state index in [1.54, 1.807) is 11.8 Å². The Morgan fingerprint density at radius 1 is 1.18 bits per heavy atom. The minimum Gasteiger partial charge on any atom is -0.0981 e. The van der Waals surface area contributed by atoms with Crippen molar-refractivity contribution < 1.29 is 0 Å². The Bertz CT molecular complexity index is 934. The van der Waals surface area contributed by atoms with Crippen LogP contribution in [0, 0.1) is 17.4 Å². The van der Waals surface area contributed by atoms with E-state index < -0.39 is 0 Å². The van der Waals surface area contributed by atoms with Crippen LogP contribution in [0.3, 0.4) is 0 Å². The van der Waals surface area contributed by atoms with Crippen molar-refractivity contribution in [2.75, 3.05) is 0 Å². The molecule has 0 atom stereocenters. The molecule has 0 saturated carbocycles. The average molecular weight is 503 g/mol. The number of hydrogen-bond acceptors (Lipinski definition) is 1. The lowest BCUT2D eigenvalue weighted by molar-refractivity contribution is 0.432. The van der Waals surface area contributed by atoms with E-state index in [-0.39, 0.29) is 0 Å². The second kappa shape index (κ2) is 8.79. The van der Waals surface area contributed by atoms with E-state index in [0.29, 0.717) is 5.41 Å². The lowest BCUT2D eigenvalue weighted by Gasteiger charge is -2.32. The van der Waals surface area contributed by atoms with Crippen LogP contribution in [-0.2, 0) is 18.3 Å². The number of fused-ring (bicyclic) bond motifs is 1. The maximum absolute atomic E-state index is 4.35. The van der Waals surface area contributed by atoms with Crippen LogP contribution in [0.25, 0.3) is 4.91 Å². The molecule has 0 amide bonds. The Kier molecular flexibility index (Phi) is 6.81. The van der Waals surface area contributed by atoms with Gasteiger partial charge in [0.1, 0.15) is 0 Å². The summed E-state index contributed by atoms with van der Waals surface area (Å²) < 4.78 is 1.35. The fourth-order valence-electron chi connectivity index (χ4n) is 4.10. The highest BCUT2D eigenvalue weighted by molar-refractivity contribution is 14.1. The molecule has 2 aromatic carbocycles. The van der Waals surface area contributed by atoms with E-state index in [9.17, 15) is 0 Å². The Labute approximate surface area is 189 Å². The highest BCUT2D eigenvalue weighted by Gasteiger charge is 2.27. The Morgan fingerprint density at radius 3 is 2.68 bits per heavy atom. The van der Waals surface area contributed by atoms with Gasteiger partial charge in [-0.05, 0) is 119 Å². The molecule has 0 N–H and O–H groups in total. The maximum atomic E-state index is 4.35. The molecule has 3 rings (SSSR count). The molecular weight excluding hydrogens is 471 g/mol. The zero-order chi connectivity index (χ0) is 20.5. The van der Waals surface area contributed by atoms with Gasteiger partial charge in [0.15, 0.2) is 0 Å². The molecular formula is C26H31IS. The molecule has 0 unspecified atom stereocenters. The molecule has 0 fully saturated rings. The summed E-state index contributed by atoms with van der Waals surface area (Å²) >= 11 is 4.18. The van der Waals surface area contributed by atoms with E-state index >= 15 is 0 Å². The molecule has 0 nitrogen and oxygen atoms in total. The second-order valence-corrected chi connectivity index (χ2v) is 10.9. The topological polar surface area (TPSA) is 0 Å². The molecule has 0 aliphatic heterocycles. The van der Waals surface area contributed by atoms with E-state index in [4.69, 9.17) is 0 Å². The van der Waals surface area contributed by atoms with Crippen molar-refractivity contribution in [2.45, 2.75) is 65.7 Å². The summed E-state index contributed by atoms with van der Waals surface area (Å²) in [7, 11) is 0. The fourth-order valence-corrected chi connectivity index (χ4v) is 5.42. The molecule has 0 bridgehead atoms. The van der Waals surface area contributed by atoms with Crippen molar-refractivity contribution >= 4 is 39.3 Å². The van der Waals surface area contributed by atoms with Gasteiger partial charge in [0.05, 0.1) is 0 Å². The van der Waals surface area contributed by atoms with Crippen LogP contribution >= 0.6 is 34.4 Å². The normalized spacial score (nSPS) is 16.0. The zero-order valence-corrected chi connectivity index (χ0v) is 20.8. The van der Waals surface area contributed by atoms with Gasteiger partial charge in [0, 0.05) is 8.48 Å². The summed E-state index contributed by atoms with van der Waals surface area (Å²) in [5.74, 6) is 0. The van der Waals surface area contributed by atoms with Gasteiger partial charge in [-0.1, -0.05) is 62.0 Å². The molecule has 2 heteroatoms.